The van der Waals surface area contributed by atoms with Crippen LogP contribution < -0.4 is 18.9 Å². The number of fused-ring (bicyclic) bond motifs is 2. The molecule has 0 saturated heterocycles. The minimum absolute atomic E-state index is 0.735. The van der Waals surface area contributed by atoms with Crippen molar-refractivity contribution in [3.8, 4) is 23.0 Å². The zero-order valence-corrected chi connectivity index (χ0v) is 14.4. The van der Waals surface area contributed by atoms with Crippen LogP contribution in [0.2, 0.25) is 0 Å². The third-order valence-electron chi connectivity index (χ3n) is 3.34. The molecule has 0 atom stereocenters. The summed E-state index contributed by atoms with van der Waals surface area (Å²) >= 11 is 3.38. The maximum Gasteiger partial charge on any atom is 0.161 e. The van der Waals surface area contributed by atoms with E-state index in [1.54, 1.807) is 52.0 Å². The Kier molecular flexibility index (Phi) is 4.31. The van der Waals surface area contributed by atoms with Gasteiger partial charge in [-0.1, -0.05) is 23.5 Å². The molecule has 0 N–H and O–H groups in total. The highest BCUT2D eigenvalue weighted by atomic mass is 32.2. The van der Waals surface area contributed by atoms with E-state index in [1.165, 1.54) is 0 Å². The van der Waals surface area contributed by atoms with Crippen molar-refractivity contribution in [2.75, 3.05) is 28.4 Å². The standard InChI is InChI=1S/C16H16O4S2/c1-17-9-5-13-14(6-10(9)18-2)22-16-8-12(20-4)11(19-3)7-15(16)21-13/h5-8H,1-4H3. The van der Waals surface area contributed by atoms with Gasteiger partial charge >= 0.3 is 0 Å². The van der Waals surface area contributed by atoms with Gasteiger partial charge in [0.2, 0.25) is 0 Å². The second-order valence-electron chi connectivity index (χ2n) is 4.51. The van der Waals surface area contributed by atoms with Crippen LogP contribution in [0.5, 0.6) is 23.0 Å². The molecule has 2 aromatic carbocycles. The topological polar surface area (TPSA) is 36.9 Å². The van der Waals surface area contributed by atoms with Crippen LogP contribution in [0, 0.1) is 0 Å². The van der Waals surface area contributed by atoms with Crippen molar-refractivity contribution in [3.05, 3.63) is 24.3 Å². The normalized spacial score (nSPS) is 12.2. The summed E-state index contributed by atoms with van der Waals surface area (Å²) in [5.41, 5.74) is 0. The molecule has 6 heteroatoms. The second kappa shape index (κ2) is 6.22. The summed E-state index contributed by atoms with van der Waals surface area (Å²) in [5.74, 6) is 2.94. The van der Waals surface area contributed by atoms with Crippen LogP contribution in [0.3, 0.4) is 0 Å². The van der Waals surface area contributed by atoms with Crippen LogP contribution in [0.4, 0.5) is 0 Å². The molecule has 1 aliphatic rings. The molecular formula is C16H16O4S2. The van der Waals surface area contributed by atoms with Gasteiger partial charge < -0.3 is 18.9 Å². The smallest absolute Gasteiger partial charge is 0.161 e. The van der Waals surface area contributed by atoms with Crippen molar-refractivity contribution in [3.63, 3.8) is 0 Å². The van der Waals surface area contributed by atoms with E-state index in [9.17, 15) is 0 Å². The third-order valence-corrected chi connectivity index (χ3v) is 5.83. The molecule has 1 aliphatic heterocycles. The summed E-state index contributed by atoms with van der Waals surface area (Å²) < 4.78 is 21.5. The zero-order chi connectivity index (χ0) is 15.7. The van der Waals surface area contributed by atoms with Crippen LogP contribution in [0.25, 0.3) is 0 Å². The van der Waals surface area contributed by atoms with Gasteiger partial charge in [0.1, 0.15) is 0 Å². The Bertz CT molecular complexity index is 596. The predicted octanol–water partition coefficient (Wildman–Crippen LogP) is 4.34. The van der Waals surface area contributed by atoms with Gasteiger partial charge in [0.25, 0.3) is 0 Å². The van der Waals surface area contributed by atoms with E-state index in [2.05, 4.69) is 0 Å². The highest BCUT2D eigenvalue weighted by molar-refractivity contribution is 8.05. The molecule has 1 heterocycles. The molecule has 4 nitrogen and oxygen atoms in total. The molecule has 0 fully saturated rings. The van der Waals surface area contributed by atoms with Crippen LogP contribution in [-0.4, -0.2) is 28.4 Å². The van der Waals surface area contributed by atoms with Gasteiger partial charge in [0.15, 0.2) is 23.0 Å². The van der Waals surface area contributed by atoms with Crippen molar-refractivity contribution in [2.45, 2.75) is 19.6 Å². The molecule has 0 amide bonds. The van der Waals surface area contributed by atoms with Gasteiger partial charge in [-0.3, -0.25) is 0 Å². The summed E-state index contributed by atoms with van der Waals surface area (Å²) in [6.07, 6.45) is 0. The molecule has 116 valence electrons. The lowest BCUT2D eigenvalue weighted by Gasteiger charge is -2.21. The second-order valence-corrected chi connectivity index (χ2v) is 6.68. The SMILES string of the molecule is COc1cc2c(cc1OC)Sc1cc(OC)c(OC)cc1S2. The Hall–Kier alpha value is -1.66. The minimum atomic E-state index is 0.735. The summed E-state index contributed by atoms with van der Waals surface area (Å²) in [6, 6.07) is 8.02. The number of benzene rings is 2. The van der Waals surface area contributed by atoms with Crippen molar-refractivity contribution < 1.29 is 18.9 Å². The lowest BCUT2D eigenvalue weighted by Crippen LogP contribution is -1.97. The summed E-state index contributed by atoms with van der Waals surface area (Å²) in [6.45, 7) is 0. The number of rotatable bonds is 4. The van der Waals surface area contributed by atoms with E-state index in [0.717, 1.165) is 42.6 Å². The lowest BCUT2D eigenvalue weighted by molar-refractivity contribution is 0.352. The van der Waals surface area contributed by atoms with Crippen LogP contribution in [-0.2, 0) is 0 Å². The van der Waals surface area contributed by atoms with Crippen molar-refractivity contribution in [2.24, 2.45) is 0 Å². The highest BCUT2D eigenvalue weighted by Crippen LogP contribution is 2.53. The Morgan fingerprint density at radius 3 is 0.909 bits per heavy atom. The van der Waals surface area contributed by atoms with E-state index < -0.39 is 0 Å². The van der Waals surface area contributed by atoms with Gasteiger partial charge in [-0.25, -0.2) is 0 Å². The van der Waals surface area contributed by atoms with Crippen LogP contribution >= 0.6 is 23.5 Å². The lowest BCUT2D eigenvalue weighted by atomic mass is 10.3. The molecule has 2 aromatic rings. The van der Waals surface area contributed by atoms with E-state index in [0.29, 0.717) is 0 Å². The molecule has 0 aliphatic carbocycles. The van der Waals surface area contributed by atoms with Crippen molar-refractivity contribution >= 4 is 23.5 Å². The van der Waals surface area contributed by atoms with Gasteiger partial charge in [0.05, 0.1) is 28.4 Å². The maximum atomic E-state index is 5.38. The Morgan fingerprint density at radius 1 is 0.500 bits per heavy atom. The van der Waals surface area contributed by atoms with E-state index >= 15 is 0 Å². The molecule has 0 unspecified atom stereocenters. The average molecular weight is 336 g/mol. The fourth-order valence-corrected chi connectivity index (χ4v) is 4.52. The quantitative estimate of drug-likeness (QED) is 0.705. The number of hydrogen-bond acceptors (Lipinski definition) is 6. The molecule has 22 heavy (non-hydrogen) atoms. The summed E-state index contributed by atoms with van der Waals surface area (Å²) in [5, 5.41) is 0. The monoisotopic (exact) mass is 336 g/mol. The minimum Gasteiger partial charge on any atom is -0.493 e. The molecule has 0 saturated carbocycles. The first-order chi connectivity index (χ1) is 10.7. The highest BCUT2D eigenvalue weighted by Gasteiger charge is 2.22. The first-order valence-electron chi connectivity index (χ1n) is 6.58. The Balaban J connectivity index is 2.05. The van der Waals surface area contributed by atoms with Crippen molar-refractivity contribution in [1.82, 2.24) is 0 Å². The molecule has 3 rings (SSSR count). The molecular weight excluding hydrogens is 320 g/mol. The summed E-state index contributed by atoms with van der Waals surface area (Å²) in [7, 11) is 6.58. The molecule has 0 radical (unpaired) electrons. The zero-order valence-electron chi connectivity index (χ0n) is 12.8. The van der Waals surface area contributed by atoms with E-state index in [-0.39, 0.29) is 0 Å². The fourth-order valence-electron chi connectivity index (χ4n) is 2.24. The van der Waals surface area contributed by atoms with Gasteiger partial charge in [-0.05, 0) is 24.3 Å². The van der Waals surface area contributed by atoms with Crippen LogP contribution in [0.1, 0.15) is 0 Å². The predicted molar refractivity (Wildman–Crippen MR) is 87.3 cm³/mol. The average Bonchev–Trinajstić information content (AvgIpc) is 2.57. The van der Waals surface area contributed by atoms with Crippen molar-refractivity contribution in [1.29, 1.82) is 0 Å². The number of methoxy groups -OCH3 is 4. The van der Waals surface area contributed by atoms with Crippen LogP contribution in [0.15, 0.2) is 43.8 Å². The fraction of sp³-hybridized carbons (Fsp3) is 0.250. The Morgan fingerprint density at radius 2 is 0.727 bits per heavy atom. The maximum absolute atomic E-state index is 5.38. The largest absolute Gasteiger partial charge is 0.493 e. The molecule has 0 bridgehead atoms. The molecule has 0 aromatic heterocycles. The van der Waals surface area contributed by atoms with Gasteiger partial charge in [-0.2, -0.15) is 0 Å². The van der Waals surface area contributed by atoms with Gasteiger partial charge in [0, 0.05) is 19.6 Å². The van der Waals surface area contributed by atoms with E-state index in [1.807, 2.05) is 24.3 Å². The van der Waals surface area contributed by atoms with E-state index in [4.69, 9.17) is 18.9 Å². The first-order valence-corrected chi connectivity index (χ1v) is 8.21. The summed E-state index contributed by atoms with van der Waals surface area (Å²) in [4.78, 5) is 4.56. The first kappa shape index (κ1) is 15.2. The Labute approximate surface area is 138 Å². The third kappa shape index (κ3) is 2.57. The number of hydrogen-bond donors (Lipinski definition) is 0. The number of ether oxygens (including phenoxy) is 4. The van der Waals surface area contributed by atoms with Gasteiger partial charge in [-0.15, -0.1) is 0 Å². The molecule has 0 spiro atoms.